The Balaban J connectivity index is 1.87. The fraction of sp³-hybridized carbons (Fsp3) is 0.562. The second-order valence-electron chi connectivity index (χ2n) is 5.82. The molecule has 3 nitrogen and oxygen atoms in total. The van der Waals surface area contributed by atoms with Crippen LogP contribution >= 0.6 is 12.2 Å². The summed E-state index contributed by atoms with van der Waals surface area (Å²) in [6.07, 6.45) is 5.46. The van der Waals surface area contributed by atoms with Crippen molar-refractivity contribution in [3.8, 4) is 0 Å². The summed E-state index contributed by atoms with van der Waals surface area (Å²) in [7, 11) is 0. The van der Waals surface area contributed by atoms with Crippen molar-refractivity contribution in [1.29, 1.82) is 0 Å². The average Bonchev–Trinajstić information content (AvgIpc) is 2.46. The van der Waals surface area contributed by atoms with Gasteiger partial charge in [0.05, 0.1) is 18.8 Å². The minimum absolute atomic E-state index is 0.410. The molecule has 0 aromatic heterocycles. The number of ether oxygens (including phenoxy) is 1. The number of benzene rings is 1. The predicted octanol–water partition coefficient (Wildman–Crippen LogP) is 2.78. The molecule has 0 radical (unpaired) electrons. The normalized spacial score (nSPS) is 26.1. The number of hydrogen-bond donors (Lipinski definition) is 1. The highest BCUT2D eigenvalue weighted by atomic mass is 32.1. The van der Waals surface area contributed by atoms with Crippen LogP contribution in [0.4, 0.5) is 5.69 Å². The number of anilines is 1. The molecule has 1 aliphatic carbocycles. The summed E-state index contributed by atoms with van der Waals surface area (Å²) in [6.45, 7) is 3.89. The van der Waals surface area contributed by atoms with E-state index >= 15 is 0 Å². The molecule has 1 saturated carbocycles. The SMILES string of the molecule is Cc1cc(N2CCOC3CCCCC32)ccc1C(N)=S. The Kier molecular flexibility index (Phi) is 3.94. The highest BCUT2D eigenvalue weighted by molar-refractivity contribution is 7.80. The Bertz CT molecular complexity index is 515. The molecule has 1 aliphatic heterocycles. The minimum atomic E-state index is 0.410. The quantitative estimate of drug-likeness (QED) is 0.850. The third-order valence-electron chi connectivity index (χ3n) is 4.54. The van der Waals surface area contributed by atoms with Gasteiger partial charge in [0, 0.05) is 17.8 Å². The molecule has 2 atom stereocenters. The molecular formula is C16H22N2OS. The van der Waals surface area contributed by atoms with E-state index in [1.807, 2.05) is 0 Å². The van der Waals surface area contributed by atoms with Gasteiger partial charge in [0.2, 0.25) is 0 Å². The lowest BCUT2D eigenvalue weighted by Crippen LogP contribution is -2.52. The summed E-state index contributed by atoms with van der Waals surface area (Å²) in [5, 5.41) is 0. The molecule has 3 rings (SSSR count). The number of rotatable bonds is 2. The van der Waals surface area contributed by atoms with E-state index in [2.05, 4.69) is 30.0 Å². The van der Waals surface area contributed by atoms with Gasteiger partial charge in [0.25, 0.3) is 0 Å². The summed E-state index contributed by atoms with van der Waals surface area (Å²) in [4.78, 5) is 3.00. The third kappa shape index (κ3) is 2.54. The van der Waals surface area contributed by atoms with Crippen LogP contribution in [0.25, 0.3) is 0 Å². The largest absolute Gasteiger partial charge is 0.389 e. The van der Waals surface area contributed by atoms with Gasteiger partial charge in [-0.15, -0.1) is 0 Å². The zero-order chi connectivity index (χ0) is 14.1. The van der Waals surface area contributed by atoms with E-state index in [0.29, 0.717) is 17.1 Å². The van der Waals surface area contributed by atoms with Crippen LogP contribution in [0.5, 0.6) is 0 Å². The van der Waals surface area contributed by atoms with Crippen molar-refractivity contribution in [2.45, 2.75) is 44.8 Å². The van der Waals surface area contributed by atoms with Crippen molar-refractivity contribution in [2.75, 3.05) is 18.1 Å². The number of morpholine rings is 1. The summed E-state index contributed by atoms with van der Waals surface area (Å²) in [6, 6.07) is 6.96. The number of aryl methyl sites for hydroxylation is 1. The Labute approximate surface area is 126 Å². The van der Waals surface area contributed by atoms with Crippen LogP contribution in [-0.2, 0) is 4.74 Å². The van der Waals surface area contributed by atoms with E-state index in [-0.39, 0.29) is 0 Å². The highest BCUT2D eigenvalue weighted by Crippen LogP contribution is 2.32. The Morgan fingerprint density at radius 2 is 2.15 bits per heavy atom. The Hall–Kier alpha value is -1.13. The van der Waals surface area contributed by atoms with Crippen LogP contribution in [0.2, 0.25) is 0 Å². The smallest absolute Gasteiger partial charge is 0.104 e. The van der Waals surface area contributed by atoms with E-state index in [0.717, 1.165) is 24.3 Å². The van der Waals surface area contributed by atoms with Crippen molar-refractivity contribution < 1.29 is 4.74 Å². The van der Waals surface area contributed by atoms with Gasteiger partial charge in [-0.05, 0) is 43.5 Å². The van der Waals surface area contributed by atoms with Crippen LogP contribution in [0, 0.1) is 6.92 Å². The molecule has 4 heteroatoms. The standard InChI is InChI=1S/C16H22N2OS/c1-11-10-12(6-7-13(11)16(17)20)18-8-9-19-15-5-3-2-4-14(15)18/h6-7,10,14-15H,2-5,8-9H2,1H3,(H2,17,20). The zero-order valence-electron chi connectivity index (χ0n) is 12.0. The van der Waals surface area contributed by atoms with E-state index in [1.54, 1.807) is 0 Å². The summed E-state index contributed by atoms with van der Waals surface area (Å²) in [5.41, 5.74) is 9.17. The second-order valence-corrected chi connectivity index (χ2v) is 6.26. The number of nitrogens with zero attached hydrogens (tertiary/aromatic N) is 1. The first-order valence-electron chi connectivity index (χ1n) is 7.45. The maximum atomic E-state index is 5.94. The minimum Gasteiger partial charge on any atom is -0.389 e. The molecule has 108 valence electrons. The topological polar surface area (TPSA) is 38.5 Å². The van der Waals surface area contributed by atoms with Crippen molar-refractivity contribution in [3.63, 3.8) is 0 Å². The first-order chi connectivity index (χ1) is 9.66. The molecule has 2 N–H and O–H groups in total. The van der Waals surface area contributed by atoms with E-state index < -0.39 is 0 Å². The monoisotopic (exact) mass is 290 g/mol. The van der Waals surface area contributed by atoms with Crippen LogP contribution in [0.3, 0.4) is 0 Å². The Morgan fingerprint density at radius 3 is 2.90 bits per heavy atom. The molecule has 1 heterocycles. The first kappa shape index (κ1) is 13.8. The second kappa shape index (κ2) is 5.70. The molecule has 0 bridgehead atoms. The molecule has 1 saturated heterocycles. The molecule has 0 spiro atoms. The lowest BCUT2D eigenvalue weighted by Gasteiger charge is -2.45. The van der Waals surface area contributed by atoms with Gasteiger partial charge in [-0.1, -0.05) is 25.1 Å². The zero-order valence-corrected chi connectivity index (χ0v) is 12.8. The molecule has 2 fully saturated rings. The van der Waals surface area contributed by atoms with Gasteiger partial charge in [0.1, 0.15) is 4.99 Å². The van der Waals surface area contributed by atoms with Crippen LogP contribution in [-0.4, -0.2) is 30.3 Å². The molecular weight excluding hydrogens is 268 g/mol. The van der Waals surface area contributed by atoms with Crippen molar-refractivity contribution in [2.24, 2.45) is 5.73 Å². The van der Waals surface area contributed by atoms with Crippen molar-refractivity contribution in [1.82, 2.24) is 0 Å². The summed E-state index contributed by atoms with van der Waals surface area (Å²) in [5.74, 6) is 0. The summed E-state index contributed by atoms with van der Waals surface area (Å²) >= 11 is 5.09. The van der Waals surface area contributed by atoms with Gasteiger partial charge in [-0.3, -0.25) is 0 Å². The van der Waals surface area contributed by atoms with E-state index in [9.17, 15) is 0 Å². The third-order valence-corrected chi connectivity index (χ3v) is 4.76. The predicted molar refractivity (Wildman–Crippen MR) is 86.4 cm³/mol. The maximum absolute atomic E-state index is 5.94. The van der Waals surface area contributed by atoms with Crippen LogP contribution in [0.1, 0.15) is 36.8 Å². The number of thiocarbonyl (C=S) groups is 1. The maximum Gasteiger partial charge on any atom is 0.104 e. The van der Waals surface area contributed by atoms with Gasteiger partial charge >= 0.3 is 0 Å². The number of hydrogen-bond acceptors (Lipinski definition) is 3. The van der Waals surface area contributed by atoms with Gasteiger partial charge in [0.15, 0.2) is 0 Å². The fourth-order valence-electron chi connectivity index (χ4n) is 3.52. The van der Waals surface area contributed by atoms with Crippen LogP contribution in [0.15, 0.2) is 18.2 Å². The van der Waals surface area contributed by atoms with Crippen molar-refractivity contribution >= 4 is 22.9 Å². The molecule has 1 aromatic rings. The fourth-order valence-corrected chi connectivity index (χ4v) is 3.75. The first-order valence-corrected chi connectivity index (χ1v) is 7.86. The average molecular weight is 290 g/mol. The molecule has 2 aliphatic rings. The van der Waals surface area contributed by atoms with Crippen LogP contribution < -0.4 is 10.6 Å². The van der Waals surface area contributed by atoms with E-state index in [4.69, 9.17) is 22.7 Å². The van der Waals surface area contributed by atoms with Gasteiger partial charge in [-0.2, -0.15) is 0 Å². The van der Waals surface area contributed by atoms with E-state index in [1.165, 1.54) is 31.4 Å². The van der Waals surface area contributed by atoms with Gasteiger partial charge in [-0.25, -0.2) is 0 Å². The Morgan fingerprint density at radius 1 is 1.35 bits per heavy atom. The molecule has 0 amide bonds. The van der Waals surface area contributed by atoms with Crippen molar-refractivity contribution in [3.05, 3.63) is 29.3 Å². The molecule has 1 aromatic carbocycles. The number of nitrogens with two attached hydrogens (primary N) is 1. The molecule has 2 unspecified atom stereocenters. The number of fused-ring (bicyclic) bond motifs is 1. The van der Waals surface area contributed by atoms with Gasteiger partial charge < -0.3 is 15.4 Å². The molecule has 20 heavy (non-hydrogen) atoms. The lowest BCUT2D eigenvalue weighted by molar-refractivity contribution is -0.00868. The highest BCUT2D eigenvalue weighted by Gasteiger charge is 2.34. The summed E-state index contributed by atoms with van der Waals surface area (Å²) < 4.78 is 5.94. The lowest BCUT2D eigenvalue weighted by atomic mass is 9.89.